The van der Waals surface area contributed by atoms with Gasteiger partial charge >= 0.3 is 5.97 Å². The first-order chi connectivity index (χ1) is 8.96. The topological polar surface area (TPSA) is 26.3 Å². The largest absolute Gasteiger partial charge is 0.460 e. The van der Waals surface area contributed by atoms with Crippen molar-refractivity contribution in [3.63, 3.8) is 0 Å². The summed E-state index contributed by atoms with van der Waals surface area (Å²) in [6.45, 7) is 6.73. The van der Waals surface area contributed by atoms with Gasteiger partial charge in [-0.1, -0.05) is 56.5 Å². The number of ether oxygens (including phenoxy) is 1. The van der Waals surface area contributed by atoms with Crippen molar-refractivity contribution < 1.29 is 9.53 Å². The number of rotatable bonds is 4. The molecule has 2 heterocycles. The molecule has 2 aliphatic rings. The average molecular weight is 264 g/mol. The number of carbonyl (C=O) groups is 1. The van der Waals surface area contributed by atoms with E-state index in [0.717, 1.165) is 24.8 Å². The van der Waals surface area contributed by atoms with Crippen LogP contribution in [0.4, 0.5) is 0 Å². The lowest BCUT2D eigenvalue weighted by Gasteiger charge is -2.40. The zero-order valence-electron chi connectivity index (χ0n) is 12.9. The minimum atomic E-state index is -0.335. The predicted molar refractivity (Wildman–Crippen MR) is 80.8 cm³/mol. The van der Waals surface area contributed by atoms with Crippen LogP contribution in [0.1, 0.15) is 72.1 Å². The molecule has 0 atom stereocenters. The third kappa shape index (κ3) is 4.54. The van der Waals surface area contributed by atoms with Gasteiger partial charge in [-0.3, -0.25) is 4.79 Å². The highest BCUT2D eigenvalue weighted by atomic mass is 16.6. The molecular weight excluding hydrogens is 235 g/mol. The van der Waals surface area contributed by atoms with Crippen LogP contribution in [0.25, 0.3) is 0 Å². The van der Waals surface area contributed by atoms with Crippen molar-refractivity contribution in [1.29, 1.82) is 0 Å². The molecule has 0 aromatic heterocycles. The van der Waals surface area contributed by atoms with Crippen molar-refractivity contribution in [2.45, 2.75) is 95.7 Å². The molecule has 0 radical (unpaired) electrons. The molecule has 2 bridgehead atoms. The maximum absolute atomic E-state index is 11.7. The number of hydrogen-bond acceptors (Lipinski definition) is 2. The van der Waals surface area contributed by atoms with Crippen molar-refractivity contribution in [1.82, 2.24) is 0 Å². The van der Waals surface area contributed by atoms with E-state index in [1.807, 2.05) is 20.8 Å². The van der Waals surface area contributed by atoms with Crippen molar-refractivity contribution >= 4 is 12.7 Å². The van der Waals surface area contributed by atoms with E-state index in [4.69, 9.17) is 4.74 Å². The smallest absolute Gasteiger partial charge is 0.306 e. The predicted octanol–water partition coefficient (Wildman–Crippen LogP) is 4.71. The number of carbonyl (C=O) groups excluding carboxylic acids is 1. The van der Waals surface area contributed by atoms with E-state index in [0.29, 0.717) is 6.42 Å². The summed E-state index contributed by atoms with van der Waals surface area (Å²) in [4.78, 5) is 11.7. The lowest BCUT2D eigenvalue weighted by atomic mass is 9.26. The Kier molecular flexibility index (Phi) is 4.97. The van der Waals surface area contributed by atoms with E-state index in [9.17, 15) is 4.79 Å². The molecule has 0 aromatic carbocycles. The van der Waals surface area contributed by atoms with Crippen molar-refractivity contribution in [2.75, 3.05) is 0 Å². The van der Waals surface area contributed by atoms with Gasteiger partial charge in [-0.2, -0.15) is 0 Å². The lowest BCUT2D eigenvalue weighted by Crippen LogP contribution is -2.34. The van der Waals surface area contributed by atoms with Crippen LogP contribution in [0.5, 0.6) is 0 Å². The van der Waals surface area contributed by atoms with Crippen LogP contribution in [0.15, 0.2) is 0 Å². The summed E-state index contributed by atoms with van der Waals surface area (Å²) in [6.07, 6.45) is 11.5. The molecule has 0 N–H and O–H groups in total. The molecule has 0 amide bonds. The van der Waals surface area contributed by atoms with E-state index in [1.54, 1.807) is 0 Å². The van der Waals surface area contributed by atoms with Gasteiger partial charge in [0.25, 0.3) is 0 Å². The first kappa shape index (κ1) is 14.9. The van der Waals surface area contributed by atoms with Gasteiger partial charge in [0, 0.05) is 6.42 Å². The van der Waals surface area contributed by atoms with Gasteiger partial charge in [0.05, 0.1) is 0 Å². The second-order valence-corrected chi connectivity index (χ2v) is 7.52. The van der Waals surface area contributed by atoms with E-state index in [2.05, 4.69) is 0 Å². The number of esters is 1. The Morgan fingerprint density at radius 3 is 2.11 bits per heavy atom. The van der Waals surface area contributed by atoms with E-state index < -0.39 is 0 Å². The number of hydrogen-bond donors (Lipinski definition) is 0. The third-order valence-electron chi connectivity index (χ3n) is 4.85. The van der Waals surface area contributed by atoms with Gasteiger partial charge in [0.2, 0.25) is 0 Å². The van der Waals surface area contributed by atoms with Gasteiger partial charge in [-0.15, -0.1) is 0 Å². The molecular formula is C16H29BO2. The molecule has 0 aromatic rings. The van der Waals surface area contributed by atoms with E-state index >= 15 is 0 Å². The SMILES string of the molecule is CC(C)(C)OC(=O)CCCB1C2CCCC1CCC2. The Morgan fingerprint density at radius 2 is 1.63 bits per heavy atom. The first-order valence-electron chi connectivity index (χ1n) is 8.17. The fraction of sp³-hybridized carbons (Fsp3) is 0.938. The Balaban J connectivity index is 1.72. The third-order valence-corrected chi connectivity index (χ3v) is 4.85. The van der Waals surface area contributed by atoms with Crippen LogP contribution in [-0.2, 0) is 9.53 Å². The standard InChI is InChI=1S/C16H29BO2/c1-16(2,3)19-15(18)11-6-12-17-13-7-4-8-14(17)10-5-9-13/h13-14H,4-12H2,1-3H3. The van der Waals surface area contributed by atoms with Crippen LogP contribution in [0, 0.1) is 0 Å². The molecule has 0 aliphatic carbocycles. The lowest BCUT2D eigenvalue weighted by molar-refractivity contribution is -0.154. The summed E-state index contributed by atoms with van der Waals surface area (Å²) in [5.41, 5.74) is -0.335. The maximum atomic E-state index is 11.7. The van der Waals surface area contributed by atoms with Crippen molar-refractivity contribution in [3.8, 4) is 0 Å². The highest BCUT2D eigenvalue weighted by molar-refractivity contribution is 6.62. The summed E-state index contributed by atoms with van der Waals surface area (Å²) >= 11 is 0. The maximum Gasteiger partial charge on any atom is 0.306 e. The van der Waals surface area contributed by atoms with Crippen LogP contribution in [0.3, 0.4) is 0 Å². The molecule has 0 unspecified atom stereocenters. The molecule has 108 valence electrons. The Morgan fingerprint density at radius 1 is 1.11 bits per heavy atom. The zero-order chi connectivity index (χ0) is 13.9. The minimum absolute atomic E-state index is 0.0199. The second-order valence-electron chi connectivity index (χ2n) is 7.52. The molecule has 2 fully saturated rings. The van der Waals surface area contributed by atoms with E-state index in [1.165, 1.54) is 44.8 Å². The van der Waals surface area contributed by atoms with Crippen molar-refractivity contribution in [3.05, 3.63) is 0 Å². The second kappa shape index (κ2) is 6.32. The summed E-state index contributed by atoms with van der Waals surface area (Å²) in [5.74, 6) is 1.91. The summed E-state index contributed by atoms with van der Waals surface area (Å²) in [6, 6.07) is 0. The monoisotopic (exact) mass is 264 g/mol. The minimum Gasteiger partial charge on any atom is -0.460 e. The Hall–Kier alpha value is -0.465. The van der Waals surface area contributed by atoms with E-state index in [-0.39, 0.29) is 11.6 Å². The fourth-order valence-corrected chi connectivity index (χ4v) is 4.16. The zero-order valence-corrected chi connectivity index (χ0v) is 12.9. The molecule has 3 heteroatoms. The molecule has 0 spiro atoms. The summed E-state index contributed by atoms with van der Waals surface area (Å²) in [7, 11) is 0. The molecule has 2 rings (SSSR count). The molecule has 2 saturated heterocycles. The van der Waals surface area contributed by atoms with Crippen LogP contribution < -0.4 is 0 Å². The van der Waals surface area contributed by atoms with Crippen molar-refractivity contribution in [2.24, 2.45) is 0 Å². The Labute approximate surface area is 118 Å². The van der Waals surface area contributed by atoms with Gasteiger partial charge in [-0.05, 0) is 27.2 Å². The quantitative estimate of drug-likeness (QED) is 0.543. The highest BCUT2D eigenvalue weighted by Gasteiger charge is 2.38. The van der Waals surface area contributed by atoms with Crippen LogP contribution in [0.2, 0.25) is 18.0 Å². The molecule has 0 saturated carbocycles. The Bertz CT molecular complexity index is 286. The summed E-state index contributed by atoms with van der Waals surface area (Å²) in [5, 5.41) is 0. The molecule has 19 heavy (non-hydrogen) atoms. The highest BCUT2D eigenvalue weighted by Crippen LogP contribution is 2.48. The van der Waals surface area contributed by atoms with Gasteiger partial charge in [0.15, 0.2) is 0 Å². The number of fused-ring (bicyclic) bond motifs is 2. The molecule has 2 aliphatic heterocycles. The molecule has 2 nitrogen and oxygen atoms in total. The first-order valence-corrected chi connectivity index (χ1v) is 8.17. The van der Waals surface area contributed by atoms with Gasteiger partial charge < -0.3 is 4.74 Å². The normalized spacial score (nSPS) is 27.2. The van der Waals surface area contributed by atoms with Crippen LogP contribution >= 0.6 is 0 Å². The fourth-order valence-electron chi connectivity index (χ4n) is 4.16. The van der Waals surface area contributed by atoms with Gasteiger partial charge in [0.1, 0.15) is 12.3 Å². The van der Waals surface area contributed by atoms with Gasteiger partial charge in [-0.25, -0.2) is 0 Å². The summed E-state index contributed by atoms with van der Waals surface area (Å²) < 4.78 is 5.38. The average Bonchev–Trinajstić information content (AvgIpc) is 2.25. The van der Waals surface area contributed by atoms with Crippen LogP contribution in [-0.4, -0.2) is 18.3 Å².